The number of nitrogens with zero attached hydrogens (tertiary/aromatic N) is 4. The number of carbonyl (C=O) groups excluding carboxylic acids is 1. The maximum atomic E-state index is 13.7. The molecule has 2 fully saturated rings. The van der Waals surface area contributed by atoms with Crippen LogP contribution >= 0.6 is 0 Å². The highest BCUT2D eigenvalue weighted by Crippen LogP contribution is 2.41. The molecule has 2 bridgehead atoms. The van der Waals surface area contributed by atoms with Gasteiger partial charge >= 0.3 is 0 Å². The fourth-order valence-corrected chi connectivity index (χ4v) is 6.03. The van der Waals surface area contributed by atoms with Crippen molar-refractivity contribution in [2.45, 2.75) is 50.7 Å². The van der Waals surface area contributed by atoms with Crippen molar-refractivity contribution in [1.82, 2.24) is 19.7 Å². The topological polar surface area (TPSA) is 51.0 Å². The summed E-state index contributed by atoms with van der Waals surface area (Å²) in [7, 11) is 0. The smallest absolute Gasteiger partial charge is 0.254 e. The van der Waals surface area contributed by atoms with Gasteiger partial charge in [0.1, 0.15) is 0 Å². The molecule has 0 radical (unpaired) electrons. The molecule has 0 saturated carbocycles. The van der Waals surface area contributed by atoms with Crippen LogP contribution in [-0.2, 0) is 13.0 Å². The molecule has 0 spiro atoms. The zero-order chi connectivity index (χ0) is 22.2. The van der Waals surface area contributed by atoms with Gasteiger partial charge in [0.05, 0.1) is 6.54 Å². The SMILES string of the molecule is O=C(c1ccccc1Cn1cccn1)N1[C@H]2CC[C@H]1CC(Cc1cccc3ccncc13)C2. The number of hydrogen-bond acceptors (Lipinski definition) is 3. The average molecular weight is 437 g/mol. The van der Waals surface area contributed by atoms with Gasteiger partial charge in [-0.3, -0.25) is 14.5 Å². The van der Waals surface area contributed by atoms with Crippen molar-refractivity contribution in [2.75, 3.05) is 0 Å². The third-order valence-electron chi connectivity index (χ3n) is 7.49. The second kappa shape index (κ2) is 8.47. The molecule has 6 rings (SSSR count). The van der Waals surface area contributed by atoms with Crippen LogP contribution in [0.25, 0.3) is 10.8 Å². The fourth-order valence-electron chi connectivity index (χ4n) is 6.03. The Kier molecular flexibility index (Phi) is 5.17. The van der Waals surface area contributed by atoms with Gasteiger partial charge in [0.15, 0.2) is 0 Å². The predicted molar refractivity (Wildman–Crippen MR) is 129 cm³/mol. The lowest BCUT2D eigenvalue weighted by molar-refractivity contribution is 0.0523. The molecule has 2 aromatic carbocycles. The highest BCUT2D eigenvalue weighted by Gasteiger charge is 2.43. The van der Waals surface area contributed by atoms with Gasteiger partial charge < -0.3 is 4.90 Å². The van der Waals surface area contributed by atoms with Crippen LogP contribution in [0.5, 0.6) is 0 Å². The van der Waals surface area contributed by atoms with Crippen molar-refractivity contribution >= 4 is 16.7 Å². The molecule has 1 amide bonds. The Labute approximate surface area is 194 Å². The van der Waals surface area contributed by atoms with E-state index in [1.807, 2.05) is 47.5 Å². The van der Waals surface area contributed by atoms with Gasteiger partial charge in [-0.2, -0.15) is 5.10 Å². The van der Waals surface area contributed by atoms with Crippen LogP contribution < -0.4 is 0 Å². The third-order valence-corrected chi connectivity index (χ3v) is 7.49. The third kappa shape index (κ3) is 3.82. The first-order chi connectivity index (χ1) is 16.3. The average Bonchev–Trinajstić information content (AvgIpc) is 3.45. The van der Waals surface area contributed by atoms with E-state index in [1.54, 1.807) is 6.20 Å². The van der Waals surface area contributed by atoms with Gasteiger partial charge in [-0.25, -0.2) is 0 Å². The first-order valence-corrected chi connectivity index (χ1v) is 12.0. The van der Waals surface area contributed by atoms with Crippen molar-refractivity contribution < 1.29 is 4.79 Å². The van der Waals surface area contributed by atoms with Crippen LogP contribution in [0, 0.1) is 5.92 Å². The molecule has 5 nitrogen and oxygen atoms in total. The molecule has 2 saturated heterocycles. The molecule has 4 aromatic rings. The Bertz CT molecular complexity index is 1260. The summed E-state index contributed by atoms with van der Waals surface area (Å²) in [5, 5.41) is 6.84. The second-order valence-electron chi connectivity index (χ2n) is 9.51. The van der Waals surface area contributed by atoms with E-state index < -0.39 is 0 Å². The first-order valence-electron chi connectivity index (χ1n) is 12.0. The molecule has 0 N–H and O–H groups in total. The summed E-state index contributed by atoms with van der Waals surface area (Å²) in [6.45, 7) is 0.621. The second-order valence-corrected chi connectivity index (χ2v) is 9.51. The number of fused-ring (bicyclic) bond motifs is 3. The Balaban J connectivity index is 1.21. The number of amides is 1. The molecule has 0 unspecified atom stereocenters. The molecule has 2 aliphatic heterocycles. The first kappa shape index (κ1) is 20.2. The lowest BCUT2D eigenvalue weighted by Crippen LogP contribution is -2.47. The summed E-state index contributed by atoms with van der Waals surface area (Å²) >= 11 is 0. The Morgan fingerprint density at radius 2 is 1.73 bits per heavy atom. The molecule has 33 heavy (non-hydrogen) atoms. The maximum Gasteiger partial charge on any atom is 0.254 e. The normalized spacial score (nSPS) is 22.1. The van der Waals surface area contributed by atoms with E-state index >= 15 is 0 Å². The Hall–Kier alpha value is -3.47. The summed E-state index contributed by atoms with van der Waals surface area (Å²) in [6, 6.07) is 19.3. The van der Waals surface area contributed by atoms with Crippen LogP contribution in [0.15, 0.2) is 79.4 Å². The number of pyridine rings is 1. The highest BCUT2D eigenvalue weighted by atomic mass is 16.2. The van der Waals surface area contributed by atoms with Crippen LogP contribution in [-0.4, -0.2) is 37.7 Å². The lowest BCUT2D eigenvalue weighted by atomic mass is 9.84. The van der Waals surface area contributed by atoms with Crippen molar-refractivity contribution in [2.24, 2.45) is 5.92 Å². The molecule has 4 heterocycles. The number of hydrogen-bond donors (Lipinski definition) is 0. The van der Waals surface area contributed by atoms with Gasteiger partial charge in [-0.05, 0) is 72.7 Å². The zero-order valence-corrected chi connectivity index (χ0v) is 18.7. The number of rotatable bonds is 5. The van der Waals surface area contributed by atoms with E-state index in [-0.39, 0.29) is 5.91 Å². The van der Waals surface area contributed by atoms with E-state index in [0.717, 1.165) is 43.2 Å². The number of carbonyl (C=O) groups is 1. The summed E-state index contributed by atoms with van der Waals surface area (Å²) in [5.74, 6) is 0.801. The zero-order valence-electron chi connectivity index (χ0n) is 18.7. The van der Waals surface area contributed by atoms with Gasteiger partial charge in [0.25, 0.3) is 5.91 Å². The molecule has 2 aliphatic rings. The molecule has 2 aromatic heterocycles. The summed E-state index contributed by atoms with van der Waals surface area (Å²) < 4.78 is 1.88. The van der Waals surface area contributed by atoms with Crippen molar-refractivity contribution in [3.05, 3.63) is 96.1 Å². The molecule has 166 valence electrons. The summed E-state index contributed by atoms with van der Waals surface area (Å²) in [5.41, 5.74) is 3.24. The Morgan fingerprint density at radius 1 is 0.909 bits per heavy atom. The molecule has 0 aliphatic carbocycles. The van der Waals surface area contributed by atoms with Crippen molar-refractivity contribution in [1.29, 1.82) is 0 Å². The fraction of sp³-hybridized carbons (Fsp3) is 0.321. The Morgan fingerprint density at radius 3 is 2.55 bits per heavy atom. The van der Waals surface area contributed by atoms with Gasteiger partial charge in [-0.15, -0.1) is 0 Å². The van der Waals surface area contributed by atoms with E-state index in [9.17, 15) is 4.79 Å². The summed E-state index contributed by atoms with van der Waals surface area (Å²) in [4.78, 5) is 20.3. The maximum absolute atomic E-state index is 13.7. The minimum Gasteiger partial charge on any atom is -0.333 e. The van der Waals surface area contributed by atoms with Gasteiger partial charge in [0, 0.05) is 47.8 Å². The van der Waals surface area contributed by atoms with E-state index in [1.165, 1.54) is 16.3 Å². The van der Waals surface area contributed by atoms with Crippen LogP contribution in [0.4, 0.5) is 0 Å². The quantitative estimate of drug-likeness (QED) is 0.437. The predicted octanol–water partition coefficient (Wildman–Crippen LogP) is 5.11. The minimum absolute atomic E-state index is 0.193. The minimum atomic E-state index is 0.193. The van der Waals surface area contributed by atoms with Gasteiger partial charge in [-0.1, -0.05) is 36.4 Å². The van der Waals surface area contributed by atoms with Gasteiger partial charge in [0.2, 0.25) is 0 Å². The van der Waals surface area contributed by atoms with Crippen LogP contribution in [0.1, 0.15) is 47.2 Å². The van der Waals surface area contributed by atoms with Crippen LogP contribution in [0.2, 0.25) is 0 Å². The highest BCUT2D eigenvalue weighted by molar-refractivity contribution is 5.96. The van der Waals surface area contributed by atoms with Crippen molar-refractivity contribution in [3.63, 3.8) is 0 Å². The lowest BCUT2D eigenvalue weighted by Gasteiger charge is -2.39. The number of piperidine rings is 1. The molecular formula is C28H28N4O. The molecule has 2 atom stereocenters. The standard InChI is InChI=1S/C28H28N4O/c33-28(26-8-2-1-5-23(26)19-31-14-4-12-30-31)32-24-9-10-25(32)17-20(16-24)15-22-7-3-6-21-11-13-29-18-27(21)22/h1-8,11-14,18,20,24-25H,9-10,15-17,19H2/t24-,25-/m0/s1. The number of benzene rings is 2. The summed E-state index contributed by atoms with van der Waals surface area (Å²) in [6.07, 6.45) is 13.0. The largest absolute Gasteiger partial charge is 0.333 e. The molecular weight excluding hydrogens is 408 g/mol. The van der Waals surface area contributed by atoms with Crippen molar-refractivity contribution in [3.8, 4) is 0 Å². The monoisotopic (exact) mass is 436 g/mol. The van der Waals surface area contributed by atoms with E-state index in [4.69, 9.17) is 0 Å². The van der Waals surface area contributed by atoms with E-state index in [0.29, 0.717) is 24.5 Å². The number of aromatic nitrogens is 3. The molecule has 5 heteroatoms. The van der Waals surface area contributed by atoms with E-state index in [2.05, 4.69) is 45.3 Å². The van der Waals surface area contributed by atoms with Crippen LogP contribution in [0.3, 0.4) is 0 Å².